The molecule has 50 heavy (non-hydrogen) atoms. The van der Waals surface area contributed by atoms with Crippen molar-refractivity contribution in [1.82, 2.24) is 31.9 Å². The van der Waals surface area contributed by atoms with E-state index < -0.39 is 78.8 Å². The molecule has 1 aromatic rings. The summed E-state index contributed by atoms with van der Waals surface area (Å²) in [6.45, 7) is 3.05. The number of guanidine groups is 1. The zero-order valence-corrected chi connectivity index (χ0v) is 28.8. The maximum Gasteiger partial charge on any atom is 0.245 e. The highest BCUT2D eigenvalue weighted by atomic mass is 16.3. The summed E-state index contributed by atoms with van der Waals surface area (Å²) in [6, 6.07) is 2.95. The number of carbonyl (C=O) groups excluding carboxylic acids is 6. The van der Waals surface area contributed by atoms with Crippen molar-refractivity contribution in [3.8, 4) is 0 Å². The molecule has 0 heterocycles. The summed E-state index contributed by atoms with van der Waals surface area (Å²) in [7, 11) is 0. The molecular formula is C32H55N11O7. The molecule has 0 aromatic heterocycles. The topological polar surface area (TPSA) is 323 Å². The number of benzene rings is 1. The number of carbonyl (C=O) groups is 6. The van der Waals surface area contributed by atoms with Gasteiger partial charge in [-0.1, -0.05) is 50.6 Å². The van der Waals surface area contributed by atoms with Crippen molar-refractivity contribution >= 4 is 41.4 Å². The highest BCUT2D eigenvalue weighted by molar-refractivity contribution is 5.96. The number of aliphatic hydroxyl groups is 1. The summed E-state index contributed by atoms with van der Waals surface area (Å²) in [5.41, 5.74) is 22.6. The average molecular weight is 706 g/mol. The van der Waals surface area contributed by atoms with Crippen molar-refractivity contribution in [2.45, 2.75) is 89.0 Å². The summed E-state index contributed by atoms with van der Waals surface area (Å²) in [5.74, 6) is -4.79. The zero-order valence-electron chi connectivity index (χ0n) is 28.8. The summed E-state index contributed by atoms with van der Waals surface area (Å²) >= 11 is 0. The number of unbranched alkanes of at least 4 members (excludes halogenated alkanes) is 1. The second kappa shape index (κ2) is 23.5. The van der Waals surface area contributed by atoms with Crippen LogP contribution in [0.4, 0.5) is 0 Å². The Balaban J connectivity index is 3.19. The van der Waals surface area contributed by atoms with Gasteiger partial charge in [0.05, 0.1) is 19.2 Å². The van der Waals surface area contributed by atoms with Gasteiger partial charge in [-0.05, 0) is 50.1 Å². The van der Waals surface area contributed by atoms with Crippen LogP contribution in [-0.2, 0) is 35.2 Å². The molecule has 0 aliphatic heterocycles. The third kappa shape index (κ3) is 17.5. The Bertz CT molecular complexity index is 1270. The fourth-order valence-electron chi connectivity index (χ4n) is 4.79. The molecule has 1 aromatic carbocycles. The number of hydrogen-bond donors (Lipinski definition) is 12. The van der Waals surface area contributed by atoms with Crippen LogP contribution < -0.4 is 54.8 Å². The molecule has 6 amide bonds. The van der Waals surface area contributed by atoms with Crippen molar-refractivity contribution in [1.29, 1.82) is 5.41 Å². The van der Waals surface area contributed by atoms with Crippen LogP contribution >= 0.6 is 0 Å². The highest BCUT2D eigenvalue weighted by Crippen LogP contribution is 2.10. The number of amides is 6. The first-order valence-electron chi connectivity index (χ1n) is 16.6. The summed E-state index contributed by atoms with van der Waals surface area (Å²) in [5, 5.41) is 32.5. The lowest BCUT2D eigenvalue weighted by atomic mass is 10.00. The molecule has 5 unspecified atom stereocenters. The SMILES string of the molecule is CC(C)CC(NC(=O)C(CCCNC(=N)N)NC(=O)C(CO)NC(=O)C(N)CCCCN)C(=O)NC(Cc1ccccc1)C(=O)NCC(N)=O. The van der Waals surface area contributed by atoms with Gasteiger partial charge in [-0.15, -0.1) is 0 Å². The van der Waals surface area contributed by atoms with Crippen LogP contribution in [0.5, 0.6) is 0 Å². The number of nitrogens with two attached hydrogens (primary N) is 4. The number of rotatable bonds is 24. The number of nitrogens with one attached hydrogen (secondary N) is 7. The van der Waals surface area contributed by atoms with Gasteiger partial charge < -0.3 is 59.9 Å². The van der Waals surface area contributed by atoms with E-state index in [1.807, 2.05) is 13.8 Å². The van der Waals surface area contributed by atoms with E-state index in [0.717, 1.165) is 5.56 Å². The third-order valence-corrected chi connectivity index (χ3v) is 7.43. The van der Waals surface area contributed by atoms with Gasteiger partial charge in [0.2, 0.25) is 35.4 Å². The van der Waals surface area contributed by atoms with Crippen LogP contribution in [0.15, 0.2) is 30.3 Å². The molecule has 0 radical (unpaired) electrons. The molecule has 1 rings (SSSR count). The van der Waals surface area contributed by atoms with Crippen molar-refractivity contribution < 1.29 is 33.9 Å². The van der Waals surface area contributed by atoms with Gasteiger partial charge in [0, 0.05) is 13.0 Å². The molecule has 5 atom stereocenters. The van der Waals surface area contributed by atoms with Gasteiger partial charge in [0.15, 0.2) is 5.96 Å². The van der Waals surface area contributed by atoms with Crippen LogP contribution in [0, 0.1) is 11.3 Å². The Morgan fingerprint density at radius 2 is 1.32 bits per heavy atom. The second-order valence-corrected chi connectivity index (χ2v) is 12.3. The van der Waals surface area contributed by atoms with E-state index in [1.54, 1.807) is 30.3 Å². The lowest BCUT2D eigenvalue weighted by molar-refractivity contribution is -0.135. The minimum atomic E-state index is -1.43. The Morgan fingerprint density at radius 3 is 1.90 bits per heavy atom. The molecule has 0 bridgehead atoms. The van der Waals surface area contributed by atoms with E-state index in [2.05, 4.69) is 31.9 Å². The predicted octanol–water partition coefficient (Wildman–Crippen LogP) is -3.47. The quantitative estimate of drug-likeness (QED) is 0.0285. The lowest BCUT2D eigenvalue weighted by Gasteiger charge is -2.27. The van der Waals surface area contributed by atoms with Gasteiger partial charge in [-0.3, -0.25) is 34.2 Å². The van der Waals surface area contributed by atoms with Gasteiger partial charge in [-0.25, -0.2) is 0 Å². The van der Waals surface area contributed by atoms with Gasteiger partial charge >= 0.3 is 0 Å². The van der Waals surface area contributed by atoms with Crippen LogP contribution in [0.3, 0.4) is 0 Å². The first-order valence-corrected chi connectivity index (χ1v) is 16.6. The average Bonchev–Trinajstić information content (AvgIpc) is 3.06. The van der Waals surface area contributed by atoms with Crippen molar-refractivity contribution in [3.05, 3.63) is 35.9 Å². The molecule has 280 valence electrons. The van der Waals surface area contributed by atoms with Crippen molar-refractivity contribution in [3.63, 3.8) is 0 Å². The van der Waals surface area contributed by atoms with E-state index in [0.29, 0.717) is 25.8 Å². The molecular weight excluding hydrogens is 650 g/mol. The normalized spacial score (nSPS) is 13.9. The standard InChI is InChI=1S/C32H55N11O7/c1-19(2)15-23(30(49)42-24(28(47)39-17-26(35)45)16-20-9-4-3-5-10-20)41-29(48)22(12-8-14-38-32(36)37)40-31(50)25(18-44)43-27(46)21(34)11-6-7-13-33/h3-5,9-10,19,21-25,44H,6-8,11-18,33-34H2,1-2H3,(H2,35,45)(H,39,47)(H,40,50)(H,41,48)(H,42,49)(H,43,46)(H4,36,37,38). The number of primary amides is 1. The molecule has 0 aliphatic carbocycles. The highest BCUT2D eigenvalue weighted by Gasteiger charge is 2.32. The van der Waals surface area contributed by atoms with E-state index in [1.165, 1.54) is 0 Å². The predicted molar refractivity (Wildman–Crippen MR) is 187 cm³/mol. The molecule has 18 heteroatoms. The monoisotopic (exact) mass is 705 g/mol. The summed E-state index contributed by atoms with van der Waals surface area (Å²) in [4.78, 5) is 77.4. The number of hydrogen-bond acceptors (Lipinski definition) is 10. The van der Waals surface area contributed by atoms with Crippen LogP contribution in [0.25, 0.3) is 0 Å². The van der Waals surface area contributed by atoms with Crippen molar-refractivity contribution in [2.75, 3.05) is 26.2 Å². The minimum absolute atomic E-state index is 0.0186. The molecule has 16 N–H and O–H groups in total. The largest absolute Gasteiger partial charge is 0.394 e. The molecule has 0 fully saturated rings. The Labute approximate surface area is 292 Å². The summed E-state index contributed by atoms with van der Waals surface area (Å²) < 4.78 is 0. The Hall–Kier alpha value is -4.81. The fourth-order valence-corrected chi connectivity index (χ4v) is 4.79. The van der Waals surface area contributed by atoms with E-state index in [-0.39, 0.29) is 44.1 Å². The number of aliphatic hydroxyl groups excluding tert-OH is 1. The maximum absolute atomic E-state index is 13.7. The van der Waals surface area contributed by atoms with Gasteiger partial charge in [0.1, 0.15) is 24.2 Å². The minimum Gasteiger partial charge on any atom is -0.394 e. The first-order chi connectivity index (χ1) is 23.7. The van der Waals surface area contributed by atoms with Crippen LogP contribution in [0.1, 0.15) is 57.9 Å². The smallest absolute Gasteiger partial charge is 0.245 e. The second-order valence-electron chi connectivity index (χ2n) is 12.3. The molecule has 0 aliphatic rings. The van der Waals surface area contributed by atoms with Gasteiger partial charge in [-0.2, -0.15) is 0 Å². The molecule has 0 spiro atoms. The fraction of sp³-hybridized carbons (Fsp3) is 0.594. The molecule has 18 nitrogen and oxygen atoms in total. The van der Waals surface area contributed by atoms with Crippen LogP contribution in [-0.4, -0.2) is 103 Å². The van der Waals surface area contributed by atoms with E-state index >= 15 is 0 Å². The molecule has 0 saturated carbocycles. The lowest BCUT2D eigenvalue weighted by Crippen LogP contribution is -2.59. The Morgan fingerprint density at radius 1 is 0.740 bits per heavy atom. The first kappa shape index (κ1) is 43.2. The van der Waals surface area contributed by atoms with E-state index in [4.69, 9.17) is 28.3 Å². The van der Waals surface area contributed by atoms with Crippen molar-refractivity contribution in [2.24, 2.45) is 28.9 Å². The zero-order chi connectivity index (χ0) is 37.6. The summed E-state index contributed by atoms with van der Waals surface area (Å²) in [6.07, 6.45) is 2.06. The Kier molecular flexibility index (Phi) is 20.3. The maximum atomic E-state index is 13.7. The van der Waals surface area contributed by atoms with Gasteiger partial charge in [0.25, 0.3) is 0 Å². The van der Waals surface area contributed by atoms with E-state index in [9.17, 15) is 33.9 Å². The third-order valence-electron chi connectivity index (χ3n) is 7.43. The molecule has 0 saturated heterocycles. The van der Waals surface area contributed by atoms with Crippen LogP contribution in [0.2, 0.25) is 0 Å².